The van der Waals surface area contributed by atoms with E-state index < -0.39 is 0 Å². The summed E-state index contributed by atoms with van der Waals surface area (Å²) >= 11 is 0. The van der Waals surface area contributed by atoms with Gasteiger partial charge >= 0.3 is 0 Å². The van der Waals surface area contributed by atoms with Crippen molar-refractivity contribution in [3.05, 3.63) is 42.0 Å². The first-order valence-electron chi connectivity index (χ1n) is 3.29. The zero-order chi connectivity index (χ0) is 7.23. The molecule has 1 rings (SSSR count). The fourth-order valence-electron chi connectivity index (χ4n) is 0.759. The molecule has 0 unspecified atom stereocenters. The van der Waals surface area contributed by atoms with Crippen molar-refractivity contribution in [1.29, 1.82) is 0 Å². The number of benzene rings is 1. The zero-order valence-corrected chi connectivity index (χ0v) is 6.75. The molecule has 0 saturated carbocycles. The van der Waals surface area contributed by atoms with Crippen molar-refractivity contribution in [1.82, 2.24) is 0 Å². The minimum atomic E-state index is 0.912. The van der Waals surface area contributed by atoms with E-state index in [0.717, 1.165) is 6.04 Å². The van der Waals surface area contributed by atoms with Crippen LogP contribution in [0.2, 0.25) is 6.04 Å². The molecule has 0 nitrogen and oxygen atoms in total. The normalized spacial score (nSPS) is 10.5. The Kier molecular flexibility index (Phi) is 2.96. The van der Waals surface area contributed by atoms with E-state index in [4.69, 9.17) is 0 Å². The molecule has 10 heavy (non-hydrogen) atoms. The van der Waals surface area contributed by atoms with Crippen LogP contribution >= 0.6 is 0 Å². The van der Waals surface area contributed by atoms with E-state index in [1.807, 2.05) is 18.2 Å². The monoisotopic (exact) mass is 145 g/mol. The summed E-state index contributed by atoms with van der Waals surface area (Å²) in [6.45, 7) is 0. The predicted molar refractivity (Wildman–Crippen MR) is 46.0 cm³/mol. The van der Waals surface area contributed by atoms with E-state index in [9.17, 15) is 0 Å². The Morgan fingerprint density at radius 1 is 1.20 bits per heavy atom. The van der Waals surface area contributed by atoms with Crippen molar-refractivity contribution in [2.24, 2.45) is 0 Å². The van der Waals surface area contributed by atoms with Gasteiger partial charge in [-0.15, -0.1) is 0 Å². The molecule has 0 aliphatic rings. The smallest absolute Gasteiger partial charge is 0.0275 e. The average Bonchev–Trinajstić information content (AvgIpc) is 2.03. The van der Waals surface area contributed by atoms with Crippen LogP contribution in [0.3, 0.4) is 0 Å². The Hall–Kier alpha value is -0.823. The maximum absolute atomic E-state index is 3.36. The predicted octanol–water partition coefficient (Wildman–Crippen LogP) is 2.29. The third kappa shape index (κ3) is 2.19. The summed E-state index contributed by atoms with van der Waals surface area (Å²) in [7, 11) is 3.36. The number of rotatable bonds is 2. The van der Waals surface area contributed by atoms with Gasteiger partial charge in [0.05, 0.1) is 0 Å². The molecule has 0 atom stereocenters. The van der Waals surface area contributed by atoms with Crippen molar-refractivity contribution >= 4 is 16.3 Å². The summed E-state index contributed by atoms with van der Waals surface area (Å²) in [4.78, 5) is 0. The molecule has 0 spiro atoms. The van der Waals surface area contributed by atoms with Gasteiger partial charge < -0.3 is 0 Å². The van der Waals surface area contributed by atoms with Crippen molar-refractivity contribution in [2.45, 2.75) is 6.04 Å². The highest BCUT2D eigenvalue weighted by molar-refractivity contribution is 6.09. The van der Waals surface area contributed by atoms with Crippen LogP contribution in [0.4, 0.5) is 0 Å². The van der Waals surface area contributed by atoms with Gasteiger partial charge in [0.1, 0.15) is 0 Å². The van der Waals surface area contributed by atoms with Crippen LogP contribution in [0, 0.1) is 0 Å². The summed E-state index contributed by atoms with van der Waals surface area (Å²) in [5.41, 5.74) is 1.25. The van der Waals surface area contributed by atoms with Gasteiger partial charge in [0, 0.05) is 10.2 Å². The van der Waals surface area contributed by atoms with Gasteiger partial charge in [-0.3, -0.25) is 0 Å². The molecule has 0 aliphatic carbocycles. The quantitative estimate of drug-likeness (QED) is 0.560. The summed E-state index contributed by atoms with van der Waals surface area (Å²) in [6.07, 6.45) is 4.17. The first-order valence-corrected chi connectivity index (χ1v) is 4.00. The molecule has 0 amide bonds. The van der Waals surface area contributed by atoms with E-state index in [0.29, 0.717) is 0 Å². The fraction of sp³-hybridized carbons (Fsp3) is 0.111. The first-order chi connectivity index (χ1) is 4.93. The summed E-state index contributed by atoms with van der Waals surface area (Å²) in [5, 5.41) is 0. The summed E-state index contributed by atoms with van der Waals surface area (Å²) in [6, 6.07) is 11.2. The maximum Gasteiger partial charge on any atom is 0.0275 e. The lowest BCUT2D eigenvalue weighted by Crippen LogP contribution is -1.67. The second-order valence-corrected chi connectivity index (χ2v) is 2.43. The lowest BCUT2D eigenvalue weighted by molar-refractivity contribution is 1.64. The lowest BCUT2D eigenvalue weighted by Gasteiger charge is -1.88. The van der Waals surface area contributed by atoms with Crippen LogP contribution in [0.25, 0.3) is 6.08 Å². The van der Waals surface area contributed by atoms with Gasteiger partial charge in [0.2, 0.25) is 0 Å². The molecule has 1 heteroatoms. The molecule has 0 aliphatic heterocycles. The van der Waals surface area contributed by atoms with E-state index in [1.54, 1.807) is 0 Å². The van der Waals surface area contributed by atoms with Crippen molar-refractivity contribution in [2.75, 3.05) is 0 Å². The second kappa shape index (κ2) is 4.07. The van der Waals surface area contributed by atoms with E-state index in [1.165, 1.54) is 5.56 Å². The standard InChI is InChI=1S/C9H9Si/c10-8-4-7-9-5-2-1-3-6-9/h1-7H,8H2. The van der Waals surface area contributed by atoms with Crippen LogP contribution in [0.15, 0.2) is 36.4 Å². The van der Waals surface area contributed by atoms with Crippen LogP contribution in [0.1, 0.15) is 5.56 Å². The van der Waals surface area contributed by atoms with Gasteiger partial charge in [-0.1, -0.05) is 42.5 Å². The first kappa shape index (κ1) is 7.29. The fourth-order valence-corrected chi connectivity index (χ4v) is 0.877. The van der Waals surface area contributed by atoms with Gasteiger partial charge in [-0.25, -0.2) is 0 Å². The number of hydrogen-bond acceptors (Lipinski definition) is 0. The number of allylic oxidation sites excluding steroid dienone is 1. The zero-order valence-electron chi connectivity index (χ0n) is 5.75. The minimum absolute atomic E-state index is 0.912. The van der Waals surface area contributed by atoms with E-state index in [-0.39, 0.29) is 0 Å². The Morgan fingerprint density at radius 2 is 1.90 bits per heavy atom. The molecule has 0 N–H and O–H groups in total. The third-order valence-electron chi connectivity index (χ3n) is 1.23. The van der Waals surface area contributed by atoms with Crippen molar-refractivity contribution < 1.29 is 0 Å². The Bertz CT molecular complexity index is 201. The Balaban J connectivity index is 2.67. The van der Waals surface area contributed by atoms with E-state index in [2.05, 4.69) is 34.5 Å². The second-order valence-electron chi connectivity index (χ2n) is 2.02. The SMILES string of the molecule is [Si]CC=Cc1ccccc1. The van der Waals surface area contributed by atoms with Crippen molar-refractivity contribution in [3.63, 3.8) is 0 Å². The molecule has 1 aromatic rings. The molecule has 0 fully saturated rings. The average molecular weight is 145 g/mol. The molecular formula is C9H9Si. The molecule has 0 bridgehead atoms. The van der Waals surface area contributed by atoms with Crippen LogP contribution < -0.4 is 0 Å². The Labute approximate surface area is 65.0 Å². The highest BCUT2D eigenvalue weighted by atomic mass is 28.1. The summed E-state index contributed by atoms with van der Waals surface area (Å²) in [5.74, 6) is 0. The molecule has 3 radical (unpaired) electrons. The Morgan fingerprint density at radius 3 is 2.50 bits per heavy atom. The van der Waals surface area contributed by atoms with Crippen molar-refractivity contribution in [3.8, 4) is 0 Å². The van der Waals surface area contributed by atoms with Gasteiger partial charge in [-0.2, -0.15) is 0 Å². The summed E-state index contributed by atoms with van der Waals surface area (Å²) < 4.78 is 0. The van der Waals surface area contributed by atoms with Gasteiger partial charge in [0.25, 0.3) is 0 Å². The highest BCUT2D eigenvalue weighted by Crippen LogP contribution is 2.00. The minimum Gasteiger partial charge on any atom is -0.0873 e. The van der Waals surface area contributed by atoms with E-state index >= 15 is 0 Å². The van der Waals surface area contributed by atoms with Gasteiger partial charge in [-0.05, 0) is 11.6 Å². The topological polar surface area (TPSA) is 0 Å². The van der Waals surface area contributed by atoms with Crippen LogP contribution in [-0.2, 0) is 0 Å². The lowest BCUT2D eigenvalue weighted by atomic mass is 10.2. The molecule has 0 saturated heterocycles. The molecule has 1 aromatic carbocycles. The van der Waals surface area contributed by atoms with Crippen LogP contribution in [-0.4, -0.2) is 10.2 Å². The maximum atomic E-state index is 3.36. The molecular weight excluding hydrogens is 136 g/mol. The highest BCUT2D eigenvalue weighted by Gasteiger charge is 1.79. The largest absolute Gasteiger partial charge is 0.0873 e. The third-order valence-corrected chi connectivity index (χ3v) is 1.46. The molecule has 49 valence electrons. The number of hydrogen-bond donors (Lipinski definition) is 0. The molecule has 0 heterocycles. The van der Waals surface area contributed by atoms with Gasteiger partial charge in [0.15, 0.2) is 0 Å². The van der Waals surface area contributed by atoms with Crippen LogP contribution in [0.5, 0.6) is 0 Å². The molecule has 0 aromatic heterocycles.